The van der Waals surface area contributed by atoms with Gasteiger partial charge in [0.15, 0.2) is 11.5 Å². The van der Waals surface area contributed by atoms with E-state index >= 15 is 0 Å². The minimum atomic E-state index is -4.20. The summed E-state index contributed by atoms with van der Waals surface area (Å²) in [5.41, 5.74) is 0.552. The SMILES string of the molecule is COc1ccc(CN(CCN(C)C)C(=O)CC(C)(C)C)cc1OS(=O)(=O)c1ccc(Cl)c(Cl)c1. The van der Waals surface area contributed by atoms with Gasteiger partial charge in [0.05, 0.1) is 17.2 Å². The van der Waals surface area contributed by atoms with Gasteiger partial charge in [-0.05, 0) is 55.4 Å². The van der Waals surface area contributed by atoms with Gasteiger partial charge in [-0.2, -0.15) is 8.42 Å². The van der Waals surface area contributed by atoms with Crippen LogP contribution in [0.2, 0.25) is 10.0 Å². The molecule has 0 spiro atoms. The first-order valence-electron chi connectivity index (χ1n) is 10.7. The highest BCUT2D eigenvalue weighted by Gasteiger charge is 2.24. The molecule has 0 atom stereocenters. The maximum atomic E-state index is 13.0. The Morgan fingerprint density at radius 2 is 1.65 bits per heavy atom. The van der Waals surface area contributed by atoms with Crippen molar-refractivity contribution in [2.75, 3.05) is 34.3 Å². The standard InChI is InChI=1S/C24H32Cl2N2O5S/c1-24(2,3)15-23(29)28(12-11-27(4)5)16-17-7-10-21(32-6)22(13-17)33-34(30,31)18-8-9-19(25)20(26)14-18/h7-10,13-14H,11-12,15-16H2,1-6H3. The Morgan fingerprint density at radius 3 is 2.21 bits per heavy atom. The first-order chi connectivity index (χ1) is 15.7. The molecule has 0 N–H and O–H groups in total. The first-order valence-corrected chi connectivity index (χ1v) is 12.9. The Labute approximate surface area is 212 Å². The topological polar surface area (TPSA) is 76.2 Å². The first kappa shape index (κ1) is 28.2. The van der Waals surface area contributed by atoms with Gasteiger partial charge in [0.1, 0.15) is 4.90 Å². The molecular formula is C24H32Cl2N2O5S. The summed E-state index contributed by atoms with van der Waals surface area (Å²) in [5, 5.41) is 0.332. The predicted octanol–water partition coefficient (Wildman–Crippen LogP) is 5.10. The fourth-order valence-corrected chi connectivity index (χ4v) is 4.40. The molecule has 0 fully saturated rings. The summed E-state index contributed by atoms with van der Waals surface area (Å²) in [7, 11) is 1.11. The zero-order chi connectivity index (χ0) is 25.7. The van der Waals surface area contributed by atoms with Crippen molar-refractivity contribution in [2.24, 2.45) is 5.41 Å². The molecule has 7 nitrogen and oxygen atoms in total. The maximum Gasteiger partial charge on any atom is 0.339 e. The summed E-state index contributed by atoms with van der Waals surface area (Å²) in [6, 6.07) is 8.90. The van der Waals surface area contributed by atoms with E-state index in [-0.39, 0.29) is 37.8 Å². The molecule has 0 aliphatic rings. The Bertz CT molecular complexity index is 1110. The van der Waals surface area contributed by atoms with Crippen molar-refractivity contribution in [3.05, 3.63) is 52.0 Å². The van der Waals surface area contributed by atoms with Crippen LogP contribution in [0.15, 0.2) is 41.3 Å². The van der Waals surface area contributed by atoms with E-state index in [4.69, 9.17) is 32.1 Å². The van der Waals surface area contributed by atoms with Gasteiger partial charge in [-0.15, -0.1) is 0 Å². The number of carbonyl (C=O) groups excluding carboxylic acids is 1. The van der Waals surface area contributed by atoms with E-state index in [0.29, 0.717) is 31.6 Å². The molecular weight excluding hydrogens is 499 g/mol. The van der Waals surface area contributed by atoms with E-state index in [0.717, 1.165) is 0 Å². The van der Waals surface area contributed by atoms with Crippen LogP contribution in [0.25, 0.3) is 0 Å². The van der Waals surface area contributed by atoms with Crippen molar-refractivity contribution >= 4 is 39.2 Å². The quantitative estimate of drug-likeness (QED) is 0.398. The van der Waals surface area contributed by atoms with Gasteiger partial charge in [0, 0.05) is 26.1 Å². The van der Waals surface area contributed by atoms with Crippen molar-refractivity contribution in [1.82, 2.24) is 9.80 Å². The molecule has 188 valence electrons. The second kappa shape index (κ2) is 11.6. The highest BCUT2D eigenvalue weighted by atomic mass is 35.5. The van der Waals surface area contributed by atoms with Crippen molar-refractivity contribution in [3.63, 3.8) is 0 Å². The second-order valence-corrected chi connectivity index (χ2v) is 11.8. The summed E-state index contributed by atoms with van der Waals surface area (Å²) >= 11 is 11.9. The molecule has 0 unspecified atom stereocenters. The lowest BCUT2D eigenvalue weighted by atomic mass is 9.91. The number of nitrogens with zero attached hydrogens (tertiary/aromatic N) is 2. The molecule has 0 aliphatic heterocycles. The average Bonchev–Trinajstić information content (AvgIpc) is 2.71. The second-order valence-electron chi connectivity index (χ2n) is 9.45. The van der Waals surface area contributed by atoms with Gasteiger partial charge in [0.25, 0.3) is 0 Å². The lowest BCUT2D eigenvalue weighted by Crippen LogP contribution is -2.37. The Balaban J connectivity index is 2.34. The summed E-state index contributed by atoms with van der Waals surface area (Å²) in [6.45, 7) is 7.58. The van der Waals surface area contributed by atoms with Crippen molar-refractivity contribution in [2.45, 2.75) is 38.6 Å². The van der Waals surface area contributed by atoms with Crippen LogP contribution in [0.1, 0.15) is 32.8 Å². The van der Waals surface area contributed by atoms with Gasteiger partial charge in [-0.1, -0.05) is 50.0 Å². The zero-order valence-corrected chi connectivity index (χ0v) is 22.7. The van der Waals surface area contributed by atoms with Crippen molar-refractivity contribution in [1.29, 1.82) is 0 Å². The Kier molecular flexibility index (Phi) is 9.65. The van der Waals surface area contributed by atoms with E-state index in [9.17, 15) is 13.2 Å². The number of amides is 1. The normalized spacial score (nSPS) is 12.0. The largest absolute Gasteiger partial charge is 0.493 e. The fourth-order valence-electron chi connectivity index (χ4n) is 3.08. The smallest absolute Gasteiger partial charge is 0.339 e. The number of ether oxygens (including phenoxy) is 1. The molecule has 2 rings (SSSR count). The highest BCUT2D eigenvalue weighted by molar-refractivity contribution is 7.87. The van der Waals surface area contributed by atoms with Crippen LogP contribution in [-0.2, 0) is 21.5 Å². The molecule has 2 aromatic rings. The Morgan fingerprint density at radius 1 is 0.971 bits per heavy atom. The number of likely N-dealkylation sites (N-methyl/N-ethyl adjacent to an activating group) is 1. The molecule has 0 aromatic heterocycles. The van der Waals surface area contributed by atoms with Gasteiger partial charge >= 0.3 is 10.1 Å². The van der Waals surface area contributed by atoms with Gasteiger partial charge in [0.2, 0.25) is 5.91 Å². The van der Waals surface area contributed by atoms with Crippen LogP contribution >= 0.6 is 23.2 Å². The summed E-state index contributed by atoms with van der Waals surface area (Å²) in [6.07, 6.45) is 0.394. The lowest BCUT2D eigenvalue weighted by Gasteiger charge is -2.28. The van der Waals surface area contributed by atoms with Crippen LogP contribution in [0.3, 0.4) is 0 Å². The number of carbonyl (C=O) groups is 1. The van der Waals surface area contributed by atoms with Gasteiger partial charge < -0.3 is 18.7 Å². The summed E-state index contributed by atoms with van der Waals surface area (Å²) < 4.78 is 36.4. The number of hydrogen-bond donors (Lipinski definition) is 0. The van der Waals surface area contributed by atoms with Crippen LogP contribution in [0.5, 0.6) is 11.5 Å². The Hall–Kier alpha value is -2.00. The number of methoxy groups -OCH3 is 1. The molecule has 1 amide bonds. The lowest BCUT2D eigenvalue weighted by molar-refractivity contribution is -0.133. The van der Waals surface area contributed by atoms with Crippen LogP contribution in [-0.4, -0.2) is 58.4 Å². The molecule has 2 aromatic carbocycles. The third-order valence-electron chi connectivity index (χ3n) is 4.83. The summed E-state index contributed by atoms with van der Waals surface area (Å²) in [4.78, 5) is 16.6. The highest BCUT2D eigenvalue weighted by Crippen LogP contribution is 2.33. The number of benzene rings is 2. The fraction of sp³-hybridized carbons (Fsp3) is 0.458. The third-order valence-corrected chi connectivity index (χ3v) is 6.80. The molecule has 0 saturated carbocycles. The van der Waals surface area contributed by atoms with Gasteiger partial charge in [-0.3, -0.25) is 4.79 Å². The van der Waals surface area contributed by atoms with Crippen LogP contribution in [0, 0.1) is 5.41 Å². The average molecular weight is 532 g/mol. The number of hydrogen-bond acceptors (Lipinski definition) is 6. The van der Waals surface area contributed by atoms with Crippen LogP contribution in [0.4, 0.5) is 0 Å². The minimum absolute atomic E-state index is 0.0157. The molecule has 0 aliphatic carbocycles. The van der Waals surface area contributed by atoms with Crippen molar-refractivity contribution in [3.8, 4) is 11.5 Å². The van der Waals surface area contributed by atoms with Crippen LogP contribution < -0.4 is 8.92 Å². The monoisotopic (exact) mass is 530 g/mol. The van der Waals surface area contributed by atoms with E-state index in [1.807, 2.05) is 39.8 Å². The number of halogens is 2. The van der Waals surface area contributed by atoms with E-state index in [1.165, 1.54) is 25.3 Å². The van der Waals surface area contributed by atoms with E-state index in [1.54, 1.807) is 23.1 Å². The molecule has 0 heterocycles. The number of rotatable bonds is 10. The maximum absolute atomic E-state index is 13.0. The zero-order valence-electron chi connectivity index (χ0n) is 20.4. The van der Waals surface area contributed by atoms with Gasteiger partial charge in [-0.25, -0.2) is 0 Å². The van der Waals surface area contributed by atoms with E-state index in [2.05, 4.69) is 0 Å². The molecule has 0 saturated heterocycles. The van der Waals surface area contributed by atoms with E-state index < -0.39 is 10.1 Å². The third kappa shape index (κ3) is 8.34. The molecule has 0 radical (unpaired) electrons. The minimum Gasteiger partial charge on any atom is -0.493 e. The van der Waals surface area contributed by atoms with Crippen molar-refractivity contribution < 1.29 is 22.1 Å². The predicted molar refractivity (Wildman–Crippen MR) is 135 cm³/mol. The summed E-state index contributed by atoms with van der Waals surface area (Å²) in [5.74, 6) is 0.284. The molecule has 10 heteroatoms. The molecule has 0 bridgehead atoms. The molecule has 34 heavy (non-hydrogen) atoms.